The maximum atomic E-state index is 13.1. The molecule has 16 N–H and O–H groups in total. The number of nitrogens with one attached hydrogen (secondary N) is 3. The lowest BCUT2D eigenvalue weighted by Crippen LogP contribution is -2.44. The van der Waals surface area contributed by atoms with Gasteiger partial charge in [-0.3, -0.25) is 33.0 Å². The predicted molar refractivity (Wildman–Crippen MR) is 300 cm³/mol. The van der Waals surface area contributed by atoms with E-state index in [0.29, 0.717) is 95.4 Å². The molecule has 86 heavy (non-hydrogen) atoms. The number of aliphatic hydroxyl groups is 1. The Labute approximate surface area is 491 Å². The number of ether oxygens (including phenoxy) is 1. The number of fused-ring (bicyclic) bond motifs is 1. The zero-order valence-corrected chi connectivity index (χ0v) is 51.6. The van der Waals surface area contributed by atoms with Crippen LogP contribution in [0.3, 0.4) is 0 Å². The van der Waals surface area contributed by atoms with Crippen molar-refractivity contribution in [3.8, 4) is 0 Å². The molecule has 4 saturated heterocycles. The Bertz CT molecular complexity index is 3120. The van der Waals surface area contributed by atoms with Crippen molar-refractivity contribution in [2.45, 2.75) is 127 Å². The van der Waals surface area contributed by atoms with Crippen LogP contribution in [0.5, 0.6) is 0 Å². The minimum absolute atomic E-state index is 0.0118. The Morgan fingerprint density at radius 1 is 0.628 bits per heavy atom. The van der Waals surface area contributed by atoms with E-state index >= 15 is 0 Å². The summed E-state index contributed by atoms with van der Waals surface area (Å²) in [5, 5.41) is 16.3. The summed E-state index contributed by atoms with van der Waals surface area (Å²) in [6.07, 6.45) is 5.16. The number of piperidine rings is 3. The third kappa shape index (κ3) is 21.7. The number of nitrogens with two attached hydrogens (primary N) is 3. The van der Waals surface area contributed by atoms with Gasteiger partial charge >= 0.3 is 46.9 Å². The van der Waals surface area contributed by atoms with Crippen LogP contribution < -0.4 is 48.1 Å². The first kappa shape index (κ1) is 69.7. The van der Waals surface area contributed by atoms with E-state index in [-0.39, 0.29) is 66.2 Å². The highest BCUT2D eigenvalue weighted by atomic mass is 31.3. The smallest absolute Gasteiger partial charge is 0.390 e. The number of phosphoric acid groups is 6. The summed E-state index contributed by atoms with van der Waals surface area (Å²) in [5.74, 6) is 1.26. The molecule has 0 bridgehead atoms. The SMILES string of the molecule is Nc1nc2c(ncn2[C@H]2C[C@@H](O)[C@@H](COP(=O)(O)OP(=O)(O)OP(=O)(O)OP(=O)(O)OP(=O)(O)OP(=O)(O)OCCCCCCNC(=O)CCCCCNC(=O)C3CCN(c4nc(N5CCC(N)CC5)nc(N5CCC(N)CC5)n4)CC3)O2)c(=O)[nH]1. The molecular weight excluding hydrogens is 1270 g/mol. The molecule has 0 spiro atoms. The second-order valence-corrected chi connectivity index (χ2v) is 30.0. The molecule has 0 aromatic carbocycles. The molecule has 4 aliphatic rings. The average molecular weight is 1350 g/mol. The minimum atomic E-state index is -6.51. The fraction of sp³-hybridized carbons (Fsp3) is 0.756. The average Bonchev–Trinajstić information content (AvgIpc) is 2.12. The van der Waals surface area contributed by atoms with Gasteiger partial charge in [-0.15, -0.1) is 0 Å². The molecule has 0 aliphatic carbocycles. The number of anilines is 4. The topological polar surface area (TPSA) is 566 Å². The maximum absolute atomic E-state index is 13.1. The summed E-state index contributed by atoms with van der Waals surface area (Å²) in [7, 11) is -37.1. The molecule has 4 fully saturated rings. The summed E-state index contributed by atoms with van der Waals surface area (Å²) in [6, 6.07) is 0.322. The highest BCUT2D eigenvalue weighted by Gasteiger charge is 2.50. The Kier molecular flexibility index (Phi) is 24.6. The van der Waals surface area contributed by atoms with Gasteiger partial charge < -0.3 is 81.7 Å². The van der Waals surface area contributed by atoms with E-state index in [4.69, 9.17) is 36.9 Å². The number of aromatic nitrogens is 7. The van der Waals surface area contributed by atoms with Crippen molar-refractivity contribution in [2.75, 3.05) is 86.0 Å². The van der Waals surface area contributed by atoms with Gasteiger partial charge in [-0.05, 0) is 64.2 Å². The van der Waals surface area contributed by atoms with Crippen molar-refractivity contribution >= 4 is 93.7 Å². The van der Waals surface area contributed by atoms with Gasteiger partial charge in [0.05, 0.1) is 25.6 Å². The number of unbranched alkanes of at least 4 members (excludes halogenated alkanes) is 5. The summed E-state index contributed by atoms with van der Waals surface area (Å²) in [4.78, 5) is 128. The van der Waals surface area contributed by atoms with E-state index in [1.807, 2.05) is 0 Å². The molecule has 2 amide bonds. The zero-order chi connectivity index (χ0) is 62.7. The maximum Gasteiger partial charge on any atom is 0.490 e. The van der Waals surface area contributed by atoms with E-state index in [1.165, 1.54) is 4.57 Å². The van der Waals surface area contributed by atoms with Crippen LogP contribution in [0.2, 0.25) is 0 Å². The number of imidazole rings is 1. The molecule has 3 aromatic rings. The molecule has 0 saturated carbocycles. The lowest BCUT2D eigenvalue weighted by atomic mass is 9.96. The van der Waals surface area contributed by atoms with Gasteiger partial charge in [-0.25, -0.2) is 32.4 Å². The number of phosphoric ester groups is 2. The van der Waals surface area contributed by atoms with Gasteiger partial charge in [0.1, 0.15) is 12.3 Å². The number of rotatable bonds is 32. The Morgan fingerprint density at radius 2 is 1.08 bits per heavy atom. The molecule has 486 valence electrons. The van der Waals surface area contributed by atoms with Crippen molar-refractivity contribution < 1.29 is 107 Å². The quantitative estimate of drug-likeness (QED) is 0.0310. The summed E-state index contributed by atoms with van der Waals surface area (Å²) in [5.41, 5.74) is 17.0. The molecule has 6 unspecified atom stereocenters. The number of nitrogen functional groups attached to an aromatic ring is 1. The van der Waals surface area contributed by atoms with Gasteiger partial charge in [0.25, 0.3) is 5.56 Å². The number of hydrogen-bond acceptors (Lipinski definition) is 29. The standard InChI is InChI=1S/C41H73N15O24P6/c42-28-11-19-54(20-12-28)40-50-39(51-41(52-40)55-21-13-29(43)14-22-55)53-17-9-27(10-18-53)36(59)46-16-6-3-4-8-32(58)45-15-5-1-2-7-23-73-81(61,62)76-83(65,66)78-85(69,70)80-86(71,72)79-84(67,68)77-82(63,64)74-25-31-30(57)24-33(75-31)56-26-47-34-35(56)48-38(44)49-37(34)60/h26-31,33,57H,1-25,42-43H2,(H,45,58)(H,46,59)(H,61,62)(H,63,64)(H,65,66)(H,67,68)(H,69,70)(H,71,72)(H3,44,48,49,60)/t30-,31-,33-/m1/s1. The van der Waals surface area contributed by atoms with Crippen LogP contribution in [0, 0.1) is 5.92 Å². The molecule has 39 nitrogen and oxygen atoms in total. The van der Waals surface area contributed by atoms with Crippen LogP contribution >= 0.6 is 46.9 Å². The highest BCUT2D eigenvalue weighted by Crippen LogP contribution is 2.75. The second kappa shape index (κ2) is 30.3. The molecule has 45 heteroatoms. The largest absolute Gasteiger partial charge is 0.490 e. The number of H-pyrrole nitrogens is 1. The van der Waals surface area contributed by atoms with E-state index in [2.05, 4.69) is 70.9 Å². The number of aromatic amines is 1. The lowest BCUT2D eigenvalue weighted by Gasteiger charge is -2.35. The van der Waals surface area contributed by atoms with Gasteiger partial charge in [0.2, 0.25) is 35.6 Å². The number of hydrogen-bond donors (Lipinski definition) is 13. The van der Waals surface area contributed by atoms with E-state index < -0.39 is 84.1 Å². The lowest BCUT2D eigenvalue weighted by molar-refractivity contribution is -0.125. The highest BCUT2D eigenvalue weighted by molar-refractivity contribution is 7.72. The Hall–Kier alpha value is -3.80. The fourth-order valence-corrected chi connectivity index (χ4v) is 17.3. The van der Waals surface area contributed by atoms with Crippen LogP contribution in [0.4, 0.5) is 23.8 Å². The first-order chi connectivity index (χ1) is 40.3. The van der Waals surface area contributed by atoms with Crippen molar-refractivity contribution in [3.63, 3.8) is 0 Å². The van der Waals surface area contributed by atoms with Crippen LogP contribution in [-0.2, 0) is 72.3 Å². The van der Waals surface area contributed by atoms with Crippen molar-refractivity contribution in [3.05, 3.63) is 16.7 Å². The normalized spacial score (nSPS) is 23.6. The number of aliphatic hydroxyl groups excluding tert-OH is 1. The third-order valence-corrected chi connectivity index (χ3v) is 23.1. The van der Waals surface area contributed by atoms with Crippen molar-refractivity contribution in [1.82, 2.24) is 45.1 Å². The van der Waals surface area contributed by atoms with E-state index in [9.17, 15) is 76.2 Å². The molecule has 9 atom stereocenters. The van der Waals surface area contributed by atoms with Crippen LogP contribution in [0.1, 0.15) is 103 Å². The van der Waals surface area contributed by atoms with Crippen LogP contribution in [0.25, 0.3) is 11.2 Å². The summed E-state index contributed by atoms with van der Waals surface area (Å²) >= 11 is 0. The molecule has 4 aliphatic heterocycles. The molecule has 0 radical (unpaired) electrons. The van der Waals surface area contributed by atoms with Gasteiger partial charge in [0.15, 0.2) is 11.2 Å². The monoisotopic (exact) mass is 1350 g/mol. The van der Waals surface area contributed by atoms with Gasteiger partial charge in [-0.1, -0.05) is 19.3 Å². The number of amides is 2. The minimum Gasteiger partial charge on any atom is -0.390 e. The van der Waals surface area contributed by atoms with Gasteiger partial charge in [-0.2, -0.15) is 41.5 Å². The van der Waals surface area contributed by atoms with Crippen molar-refractivity contribution in [2.24, 2.45) is 17.4 Å². The first-order valence-corrected chi connectivity index (χ1v) is 36.3. The van der Waals surface area contributed by atoms with Crippen LogP contribution in [-0.4, -0.2) is 171 Å². The van der Waals surface area contributed by atoms with Gasteiger partial charge in [0, 0.05) is 83.2 Å². The zero-order valence-electron chi connectivity index (χ0n) is 46.2. The van der Waals surface area contributed by atoms with E-state index in [0.717, 1.165) is 58.2 Å². The third-order valence-electron chi connectivity index (χ3n) is 13.8. The number of nitrogens with zero attached hydrogens (tertiary/aromatic N) is 9. The molecule has 7 rings (SSSR count). The second-order valence-electron chi connectivity index (χ2n) is 20.6. The Morgan fingerprint density at radius 3 is 1.60 bits per heavy atom. The molecule has 3 aromatic heterocycles. The van der Waals surface area contributed by atoms with Crippen LogP contribution in [0.15, 0.2) is 11.1 Å². The summed E-state index contributed by atoms with van der Waals surface area (Å²) in [6.45, 7) is 3.43. The molecular formula is C41H73N15O24P6. The summed E-state index contributed by atoms with van der Waals surface area (Å²) < 4.78 is 109. The Balaban J connectivity index is 0.707. The number of carbonyl (C=O) groups is 2. The van der Waals surface area contributed by atoms with E-state index in [1.54, 1.807) is 0 Å². The van der Waals surface area contributed by atoms with Crippen molar-refractivity contribution in [1.29, 1.82) is 0 Å². The first-order valence-electron chi connectivity index (χ1n) is 27.3. The fourth-order valence-electron chi connectivity index (χ4n) is 9.44. The predicted octanol–water partition coefficient (Wildman–Crippen LogP) is 1.38. The number of carbonyl (C=O) groups excluding carboxylic acids is 2. The molecule has 7 heterocycles.